The van der Waals surface area contributed by atoms with Gasteiger partial charge in [-0.05, 0) is 31.1 Å². The lowest BCUT2D eigenvalue weighted by molar-refractivity contribution is -0.192. The van der Waals surface area contributed by atoms with Crippen LogP contribution in [-0.2, 0) is 0 Å². The van der Waals surface area contributed by atoms with Crippen LogP contribution in [0.1, 0.15) is 19.3 Å². The highest BCUT2D eigenvalue weighted by atomic mass is 19.4. The molecule has 4 heteroatoms. The number of hydrogen-bond acceptors (Lipinski definition) is 1. The van der Waals surface area contributed by atoms with Crippen LogP contribution in [0.4, 0.5) is 13.2 Å². The van der Waals surface area contributed by atoms with E-state index in [0.29, 0.717) is 6.42 Å². The van der Waals surface area contributed by atoms with Gasteiger partial charge in [0.05, 0.1) is 12.0 Å². The van der Waals surface area contributed by atoms with Crippen LogP contribution < -0.4 is 0 Å². The molecule has 1 fully saturated rings. The summed E-state index contributed by atoms with van der Waals surface area (Å²) in [5.74, 6) is -2.43. The number of alkyl halides is 3. The molecule has 0 saturated heterocycles. The first-order valence-electron chi connectivity index (χ1n) is 4.57. The fraction of sp³-hybridized carbons (Fsp3) is 0.700. The first-order chi connectivity index (χ1) is 6.50. The molecule has 1 saturated carbocycles. The van der Waals surface area contributed by atoms with Gasteiger partial charge < -0.3 is 0 Å². The number of nitrogens with zero attached hydrogens (tertiary/aromatic N) is 1. The van der Waals surface area contributed by atoms with E-state index < -0.39 is 23.9 Å². The minimum absolute atomic E-state index is 0.0410. The van der Waals surface area contributed by atoms with E-state index in [4.69, 9.17) is 5.26 Å². The van der Waals surface area contributed by atoms with Crippen molar-refractivity contribution < 1.29 is 13.2 Å². The third-order valence-electron chi connectivity index (χ3n) is 2.79. The van der Waals surface area contributed by atoms with E-state index in [-0.39, 0.29) is 12.8 Å². The van der Waals surface area contributed by atoms with Gasteiger partial charge in [-0.1, -0.05) is 6.92 Å². The molecule has 0 heterocycles. The molecule has 78 valence electrons. The predicted molar refractivity (Wildman–Crippen MR) is 45.6 cm³/mol. The van der Waals surface area contributed by atoms with Crippen LogP contribution in [-0.4, -0.2) is 6.18 Å². The average molecular weight is 203 g/mol. The van der Waals surface area contributed by atoms with Crippen LogP contribution in [0.2, 0.25) is 0 Å². The summed E-state index contributed by atoms with van der Waals surface area (Å²) in [6.45, 7) is 3.52. The largest absolute Gasteiger partial charge is 0.392 e. The van der Waals surface area contributed by atoms with Gasteiger partial charge in [0.2, 0.25) is 0 Å². The van der Waals surface area contributed by atoms with Crippen LogP contribution in [0.5, 0.6) is 0 Å². The molecule has 3 atom stereocenters. The third kappa shape index (κ3) is 2.20. The fourth-order valence-corrected chi connectivity index (χ4v) is 2.12. The molecule has 3 unspecified atom stereocenters. The van der Waals surface area contributed by atoms with Crippen LogP contribution in [0.3, 0.4) is 0 Å². The Hall–Kier alpha value is -0.720. The molecule has 0 aliphatic heterocycles. The monoisotopic (exact) mass is 203 g/mol. The maximum atomic E-state index is 12.6. The van der Waals surface area contributed by atoms with E-state index in [1.807, 2.05) is 0 Å². The lowest BCUT2D eigenvalue weighted by Crippen LogP contribution is -2.31. The van der Waals surface area contributed by atoms with Crippen molar-refractivity contribution >= 4 is 0 Å². The molecule has 0 bridgehead atoms. The van der Waals surface area contributed by atoms with Gasteiger partial charge in [-0.15, -0.1) is 0 Å². The van der Waals surface area contributed by atoms with Crippen molar-refractivity contribution in [1.82, 2.24) is 0 Å². The van der Waals surface area contributed by atoms with E-state index in [1.165, 1.54) is 0 Å². The molecule has 1 rings (SSSR count). The molecule has 0 aromatic heterocycles. The van der Waals surface area contributed by atoms with Gasteiger partial charge in [0.1, 0.15) is 0 Å². The summed E-state index contributed by atoms with van der Waals surface area (Å²) in [4.78, 5) is 0. The average Bonchev–Trinajstić information content (AvgIpc) is 2.47. The zero-order valence-electron chi connectivity index (χ0n) is 7.72. The summed E-state index contributed by atoms with van der Waals surface area (Å²) in [5.41, 5.74) is 0. The van der Waals surface area contributed by atoms with Crippen molar-refractivity contribution in [2.24, 2.45) is 17.8 Å². The molecule has 0 N–H and O–H groups in total. The van der Waals surface area contributed by atoms with Gasteiger partial charge in [0.15, 0.2) is 0 Å². The highest BCUT2D eigenvalue weighted by Gasteiger charge is 2.51. The molecule has 1 nitrogen and oxygen atoms in total. The molecular weight excluding hydrogens is 191 g/mol. The second-order valence-corrected chi connectivity index (χ2v) is 3.61. The zero-order valence-corrected chi connectivity index (χ0v) is 7.72. The van der Waals surface area contributed by atoms with Gasteiger partial charge in [-0.25, -0.2) is 0 Å². The van der Waals surface area contributed by atoms with Crippen LogP contribution in [0, 0.1) is 42.4 Å². The summed E-state index contributed by atoms with van der Waals surface area (Å²) >= 11 is 0. The summed E-state index contributed by atoms with van der Waals surface area (Å²) in [5, 5.41) is 8.42. The maximum absolute atomic E-state index is 12.6. The topological polar surface area (TPSA) is 23.8 Å². The van der Waals surface area contributed by atoms with Crippen molar-refractivity contribution in [2.45, 2.75) is 25.4 Å². The first-order valence-corrected chi connectivity index (χ1v) is 4.57. The summed E-state index contributed by atoms with van der Waals surface area (Å²) in [7, 11) is 0. The van der Waals surface area contributed by atoms with Gasteiger partial charge in [0, 0.05) is 6.42 Å². The van der Waals surface area contributed by atoms with E-state index >= 15 is 0 Å². The Labute approximate surface area is 81.9 Å². The lowest BCUT2D eigenvalue weighted by atomic mass is 9.86. The Bertz CT molecular complexity index is 229. The Morgan fingerprint density at radius 1 is 1.50 bits per heavy atom. The van der Waals surface area contributed by atoms with E-state index in [9.17, 15) is 13.2 Å². The van der Waals surface area contributed by atoms with Crippen molar-refractivity contribution in [3.05, 3.63) is 13.3 Å². The SMILES string of the molecule is [CH2]CC1C[CH]C(CC#N)C1C(F)(F)F. The molecule has 14 heavy (non-hydrogen) atoms. The normalized spacial score (nSPS) is 32.9. The second kappa shape index (κ2) is 4.20. The van der Waals surface area contributed by atoms with E-state index in [1.54, 1.807) is 12.5 Å². The minimum Gasteiger partial charge on any atom is -0.198 e. The molecule has 2 radical (unpaired) electrons. The highest BCUT2D eigenvalue weighted by molar-refractivity contribution is 5.01. The molecule has 0 aromatic rings. The maximum Gasteiger partial charge on any atom is 0.392 e. The Kier molecular flexibility index (Phi) is 3.41. The van der Waals surface area contributed by atoms with Crippen molar-refractivity contribution in [3.8, 4) is 6.07 Å². The zero-order chi connectivity index (χ0) is 10.8. The van der Waals surface area contributed by atoms with E-state index in [0.717, 1.165) is 0 Å². The minimum atomic E-state index is -4.20. The quantitative estimate of drug-likeness (QED) is 0.676. The Balaban J connectivity index is 2.76. The number of rotatable bonds is 2. The third-order valence-corrected chi connectivity index (χ3v) is 2.79. The van der Waals surface area contributed by atoms with Crippen LogP contribution >= 0.6 is 0 Å². The number of halogens is 3. The lowest BCUT2D eigenvalue weighted by Gasteiger charge is -2.25. The molecule has 0 spiro atoms. The Morgan fingerprint density at radius 2 is 2.14 bits per heavy atom. The second-order valence-electron chi connectivity index (χ2n) is 3.61. The first kappa shape index (κ1) is 11.4. The molecular formula is C10H12F3N. The molecule has 1 aliphatic carbocycles. The summed E-state index contributed by atoms with van der Waals surface area (Å²) in [6, 6.07) is 1.80. The molecule has 0 aromatic carbocycles. The molecule has 1 aliphatic rings. The van der Waals surface area contributed by atoms with Crippen molar-refractivity contribution in [2.75, 3.05) is 0 Å². The van der Waals surface area contributed by atoms with Gasteiger partial charge in [-0.3, -0.25) is 0 Å². The van der Waals surface area contributed by atoms with Crippen LogP contribution in [0.15, 0.2) is 0 Å². The number of nitriles is 1. The van der Waals surface area contributed by atoms with Gasteiger partial charge in [0.25, 0.3) is 0 Å². The van der Waals surface area contributed by atoms with Gasteiger partial charge >= 0.3 is 6.18 Å². The smallest absolute Gasteiger partial charge is 0.198 e. The highest BCUT2D eigenvalue weighted by Crippen LogP contribution is 2.48. The molecule has 0 amide bonds. The van der Waals surface area contributed by atoms with E-state index in [2.05, 4.69) is 6.92 Å². The van der Waals surface area contributed by atoms with Gasteiger partial charge in [-0.2, -0.15) is 18.4 Å². The van der Waals surface area contributed by atoms with Crippen molar-refractivity contribution in [1.29, 1.82) is 5.26 Å². The van der Waals surface area contributed by atoms with Crippen LogP contribution in [0.25, 0.3) is 0 Å². The standard InChI is InChI=1S/C10H12F3N/c1-2-7-3-4-8(5-6-14)9(7)10(11,12)13/h4,7-9H,1-3,5H2. The summed E-state index contributed by atoms with van der Waals surface area (Å²) < 4.78 is 37.8. The number of hydrogen-bond donors (Lipinski definition) is 0. The van der Waals surface area contributed by atoms with Crippen molar-refractivity contribution in [3.63, 3.8) is 0 Å². The predicted octanol–water partition coefficient (Wildman–Crippen LogP) is 3.14. The summed E-state index contributed by atoms with van der Waals surface area (Å²) in [6.07, 6.45) is -1.91. The fourth-order valence-electron chi connectivity index (χ4n) is 2.12. The Morgan fingerprint density at radius 3 is 2.57 bits per heavy atom.